The highest BCUT2D eigenvalue weighted by molar-refractivity contribution is 5.85. The van der Waals surface area contributed by atoms with E-state index < -0.39 is 0 Å². The van der Waals surface area contributed by atoms with E-state index in [1.54, 1.807) is 7.11 Å². The molecule has 0 unspecified atom stereocenters. The van der Waals surface area contributed by atoms with Gasteiger partial charge in [0.15, 0.2) is 0 Å². The van der Waals surface area contributed by atoms with Crippen LogP contribution in [0, 0.1) is 0 Å². The molecular weight excluding hydrogens is 276 g/mol. The molecule has 0 aliphatic carbocycles. The minimum absolute atomic E-state index is 0. The first kappa shape index (κ1) is 16.6. The van der Waals surface area contributed by atoms with Gasteiger partial charge >= 0.3 is 0 Å². The lowest BCUT2D eigenvalue weighted by Crippen LogP contribution is -2.24. The monoisotopic (exact) mass is 296 g/mol. The number of likely N-dealkylation sites (N-methyl/N-ethyl adjacent to an activating group) is 1. The summed E-state index contributed by atoms with van der Waals surface area (Å²) in [5.41, 5.74) is 6.57. The van der Waals surface area contributed by atoms with Crippen molar-refractivity contribution in [3.05, 3.63) is 42.2 Å². The molecule has 0 atom stereocenters. The number of nitrogens with two attached hydrogens (primary N) is 1. The maximum atomic E-state index is 5.84. The number of ether oxygens (including phenoxy) is 1. The number of furan rings is 1. The SMILES string of the molecule is COc1ccc(-c2ccc(CN(C)CCN)o2)cc1.Cl. The Balaban J connectivity index is 0.00000200. The molecule has 0 aliphatic rings. The quantitative estimate of drug-likeness (QED) is 0.890. The van der Waals surface area contributed by atoms with Gasteiger partial charge in [0.1, 0.15) is 17.3 Å². The highest BCUT2D eigenvalue weighted by atomic mass is 35.5. The van der Waals surface area contributed by atoms with Gasteiger partial charge in [-0.15, -0.1) is 12.4 Å². The molecular formula is C15H21ClN2O2. The summed E-state index contributed by atoms with van der Waals surface area (Å²) in [5.74, 6) is 2.67. The van der Waals surface area contributed by atoms with Crippen LogP contribution < -0.4 is 10.5 Å². The van der Waals surface area contributed by atoms with Crippen molar-refractivity contribution >= 4 is 12.4 Å². The third-order valence-electron chi connectivity index (χ3n) is 2.97. The number of benzene rings is 1. The average molecular weight is 297 g/mol. The second kappa shape index (κ2) is 7.94. The van der Waals surface area contributed by atoms with E-state index in [2.05, 4.69) is 4.90 Å². The lowest BCUT2D eigenvalue weighted by atomic mass is 10.2. The zero-order valence-electron chi connectivity index (χ0n) is 11.8. The predicted molar refractivity (Wildman–Crippen MR) is 83.3 cm³/mol. The maximum Gasteiger partial charge on any atom is 0.134 e. The largest absolute Gasteiger partial charge is 0.497 e. The molecule has 5 heteroatoms. The molecule has 2 rings (SSSR count). The van der Waals surface area contributed by atoms with Crippen LogP contribution in [0.5, 0.6) is 5.75 Å². The topological polar surface area (TPSA) is 51.6 Å². The zero-order chi connectivity index (χ0) is 13.7. The van der Waals surface area contributed by atoms with Crippen LogP contribution in [-0.2, 0) is 6.54 Å². The summed E-state index contributed by atoms with van der Waals surface area (Å²) in [6, 6.07) is 11.8. The predicted octanol–water partition coefficient (Wildman–Crippen LogP) is 2.77. The summed E-state index contributed by atoms with van der Waals surface area (Å²) in [4.78, 5) is 2.14. The van der Waals surface area contributed by atoms with E-state index in [4.69, 9.17) is 14.9 Å². The highest BCUT2D eigenvalue weighted by Crippen LogP contribution is 2.24. The van der Waals surface area contributed by atoms with Crippen LogP contribution in [0.2, 0.25) is 0 Å². The molecule has 0 spiro atoms. The summed E-state index contributed by atoms with van der Waals surface area (Å²) in [7, 11) is 3.69. The number of hydrogen-bond acceptors (Lipinski definition) is 4. The van der Waals surface area contributed by atoms with Crippen LogP contribution in [0.1, 0.15) is 5.76 Å². The molecule has 1 aromatic carbocycles. The van der Waals surface area contributed by atoms with Gasteiger partial charge in [0.05, 0.1) is 13.7 Å². The Bertz CT molecular complexity index is 511. The first-order valence-corrected chi connectivity index (χ1v) is 6.34. The van der Waals surface area contributed by atoms with Crippen LogP contribution >= 0.6 is 12.4 Å². The Labute approximate surface area is 125 Å². The van der Waals surface area contributed by atoms with Gasteiger partial charge in [-0.05, 0) is 43.4 Å². The van der Waals surface area contributed by atoms with E-state index in [9.17, 15) is 0 Å². The molecule has 0 saturated heterocycles. The molecule has 0 aliphatic heterocycles. The molecule has 0 fully saturated rings. The number of rotatable bonds is 6. The Kier molecular flexibility index (Phi) is 6.58. The molecule has 0 bridgehead atoms. The number of hydrogen-bond donors (Lipinski definition) is 1. The summed E-state index contributed by atoms with van der Waals surface area (Å²) < 4.78 is 11.0. The van der Waals surface area contributed by atoms with Gasteiger partial charge in [-0.25, -0.2) is 0 Å². The summed E-state index contributed by atoms with van der Waals surface area (Å²) in [6.45, 7) is 2.29. The standard InChI is InChI=1S/C15H20N2O2.ClH/c1-17(10-9-16)11-14-7-8-15(19-14)12-3-5-13(18-2)6-4-12;/h3-8H,9-11,16H2,1-2H3;1H. The molecule has 1 aromatic heterocycles. The first-order chi connectivity index (χ1) is 9.22. The first-order valence-electron chi connectivity index (χ1n) is 6.34. The number of halogens is 1. The zero-order valence-corrected chi connectivity index (χ0v) is 12.7. The second-order valence-corrected chi connectivity index (χ2v) is 4.52. The lowest BCUT2D eigenvalue weighted by molar-refractivity contribution is 0.304. The minimum Gasteiger partial charge on any atom is -0.497 e. The minimum atomic E-state index is 0. The fraction of sp³-hybridized carbons (Fsp3) is 0.333. The van der Waals surface area contributed by atoms with Crippen molar-refractivity contribution in [1.29, 1.82) is 0 Å². The Hall–Kier alpha value is -1.49. The van der Waals surface area contributed by atoms with Crippen molar-refractivity contribution < 1.29 is 9.15 Å². The van der Waals surface area contributed by atoms with Crippen molar-refractivity contribution in [2.24, 2.45) is 5.73 Å². The van der Waals surface area contributed by atoms with E-state index >= 15 is 0 Å². The smallest absolute Gasteiger partial charge is 0.134 e. The summed E-state index contributed by atoms with van der Waals surface area (Å²) >= 11 is 0. The van der Waals surface area contributed by atoms with E-state index in [0.717, 1.165) is 35.9 Å². The molecule has 0 amide bonds. The van der Waals surface area contributed by atoms with Crippen molar-refractivity contribution in [2.75, 3.05) is 27.2 Å². The van der Waals surface area contributed by atoms with Crippen LogP contribution in [0.3, 0.4) is 0 Å². The number of methoxy groups -OCH3 is 1. The van der Waals surface area contributed by atoms with E-state index in [1.807, 2.05) is 43.4 Å². The fourth-order valence-corrected chi connectivity index (χ4v) is 1.94. The van der Waals surface area contributed by atoms with Gasteiger partial charge in [-0.3, -0.25) is 4.90 Å². The molecule has 1 heterocycles. The van der Waals surface area contributed by atoms with Crippen LogP contribution in [0.15, 0.2) is 40.8 Å². The third-order valence-corrected chi connectivity index (χ3v) is 2.97. The maximum absolute atomic E-state index is 5.84. The van der Waals surface area contributed by atoms with Gasteiger partial charge < -0.3 is 14.9 Å². The lowest BCUT2D eigenvalue weighted by Gasteiger charge is -2.12. The van der Waals surface area contributed by atoms with Crippen molar-refractivity contribution in [3.8, 4) is 17.1 Å². The fourth-order valence-electron chi connectivity index (χ4n) is 1.94. The van der Waals surface area contributed by atoms with Crippen molar-refractivity contribution in [2.45, 2.75) is 6.54 Å². The molecule has 2 N–H and O–H groups in total. The Morgan fingerprint density at radius 3 is 2.45 bits per heavy atom. The van der Waals surface area contributed by atoms with Gasteiger partial charge in [-0.1, -0.05) is 0 Å². The Morgan fingerprint density at radius 1 is 1.15 bits per heavy atom. The van der Waals surface area contributed by atoms with Gasteiger partial charge in [-0.2, -0.15) is 0 Å². The molecule has 0 radical (unpaired) electrons. The van der Waals surface area contributed by atoms with Gasteiger partial charge in [0, 0.05) is 18.7 Å². The average Bonchev–Trinajstić information content (AvgIpc) is 2.87. The van der Waals surface area contributed by atoms with E-state index in [-0.39, 0.29) is 12.4 Å². The molecule has 0 saturated carbocycles. The second-order valence-electron chi connectivity index (χ2n) is 4.52. The van der Waals surface area contributed by atoms with Crippen LogP contribution in [-0.4, -0.2) is 32.1 Å². The third kappa shape index (κ3) is 4.27. The summed E-state index contributed by atoms with van der Waals surface area (Å²) in [6.07, 6.45) is 0. The van der Waals surface area contributed by atoms with Gasteiger partial charge in [0.2, 0.25) is 0 Å². The molecule has 4 nitrogen and oxygen atoms in total. The normalized spacial score (nSPS) is 10.4. The van der Waals surface area contributed by atoms with Crippen molar-refractivity contribution in [3.63, 3.8) is 0 Å². The molecule has 20 heavy (non-hydrogen) atoms. The Morgan fingerprint density at radius 2 is 1.85 bits per heavy atom. The van der Waals surface area contributed by atoms with E-state index in [0.29, 0.717) is 6.54 Å². The highest BCUT2D eigenvalue weighted by Gasteiger charge is 2.07. The molecule has 2 aromatic rings. The van der Waals surface area contributed by atoms with E-state index in [1.165, 1.54) is 0 Å². The van der Waals surface area contributed by atoms with Crippen LogP contribution in [0.4, 0.5) is 0 Å². The van der Waals surface area contributed by atoms with Crippen molar-refractivity contribution in [1.82, 2.24) is 4.90 Å². The van der Waals surface area contributed by atoms with Gasteiger partial charge in [0.25, 0.3) is 0 Å². The number of nitrogens with zero attached hydrogens (tertiary/aromatic N) is 1. The molecule has 110 valence electrons. The van der Waals surface area contributed by atoms with Crippen LogP contribution in [0.25, 0.3) is 11.3 Å². The summed E-state index contributed by atoms with van der Waals surface area (Å²) in [5, 5.41) is 0.